The molecule has 3 amide bonds. The Hall–Kier alpha value is -3.80. The lowest BCUT2D eigenvalue weighted by atomic mass is 9.86. The van der Waals surface area contributed by atoms with E-state index in [0.29, 0.717) is 22.4 Å². The summed E-state index contributed by atoms with van der Waals surface area (Å²) in [6, 6.07) is 16.6. The molecule has 0 N–H and O–H groups in total. The number of halogens is 1. The number of hydrogen-bond donors (Lipinski definition) is 0. The minimum atomic E-state index is -0.987. The second kappa shape index (κ2) is 6.87. The summed E-state index contributed by atoms with van der Waals surface area (Å²) >= 11 is 0. The lowest BCUT2D eigenvalue weighted by Gasteiger charge is -2.50. The Morgan fingerprint density at radius 1 is 0.710 bits per heavy atom. The molecule has 0 saturated carbocycles. The molecule has 2 aliphatic heterocycles. The Bertz CT molecular complexity index is 1200. The van der Waals surface area contributed by atoms with Gasteiger partial charge < -0.3 is 4.90 Å². The maximum absolute atomic E-state index is 13.6. The Morgan fingerprint density at radius 2 is 1.26 bits per heavy atom. The fraction of sp³-hybridized carbons (Fsp3) is 0.160. The second-order valence-corrected chi connectivity index (χ2v) is 8.02. The minimum Gasteiger partial charge on any atom is -0.300 e. The van der Waals surface area contributed by atoms with Gasteiger partial charge in [-0.1, -0.05) is 30.3 Å². The van der Waals surface area contributed by atoms with Crippen molar-refractivity contribution < 1.29 is 18.8 Å². The van der Waals surface area contributed by atoms with Gasteiger partial charge in [-0.25, -0.2) is 4.39 Å². The van der Waals surface area contributed by atoms with Crippen LogP contribution in [0.1, 0.15) is 43.4 Å². The first-order valence-electron chi connectivity index (χ1n) is 10.0. The van der Waals surface area contributed by atoms with Gasteiger partial charge in [0.2, 0.25) is 0 Å². The summed E-state index contributed by atoms with van der Waals surface area (Å²) in [7, 11) is 0. The third kappa shape index (κ3) is 2.86. The zero-order valence-corrected chi connectivity index (χ0v) is 17.0. The van der Waals surface area contributed by atoms with Crippen LogP contribution < -0.4 is 4.90 Å². The van der Waals surface area contributed by atoms with Crippen molar-refractivity contribution in [2.45, 2.75) is 25.9 Å². The molecule has 0 unspecified atom stereocenters. The highest BCUT2D eigenvalue weighted by atomic mass is 19.1. The quantitative estimate of drug-likeness (QED) is 0.477. The number of hydrogen-bond acceptors (Lipinski definition) is 3. The van der Waals surface area contributed by atoms with Crippen molar-refractivity contribution >= 4 is 23.4 Å². The Morgan fingerprint density at radius 3 is 1.81 bits per heavy atom. The third-order valence-corrected chi connectivity index (χ3v) is 5.87. The molecule has 154 valence electrons. The Labute approximate surface area is 178 Å². The molecule has 5 rings (SSSR count). The van der Waals surface area contributed by atoms with Gasteiger partial charge in [-0.2, -0.15) is 0 Å². The molecule has 2 heterocycles. The van der Waals surface area contributed by atoms with Crippen molar-refractivity contribution in [2.24, 2.45) is 0 Å². The standard InChI is InChI=1S/C25H19FN2O3/c1-14-11-15(2)13-18(12-14)27-21(16-7-9-17(26)10-8-16)22(25(27)31)28-23(29)19-5-3-4-6-20(19)24(28)30/h3-13,21-22H,1-2H3/t21-,22+/m1/s1. The molecule has 0 spiro atoms. The van der Waals surface area contributed by atoms with E-state index in [2.05, 4.69) is 0 Å². The number of nitrogens with zero attached hydrogens (tertiary/aromatic N) is 2. The van der Waals surface area contributed by atoms with E-state index in [1.54, 1.807) is 41.3 Å². The predicted molar refractivity (Wildman–Crippen MR) is 113 cm³/mol. The lowest BCUT2D eigenvalue weighted by Crippen LogP contribution is -2.67. The highest BCUT2D eigenvalue weighted by molar-refractivity contribution is 6.24. The fourth-order valence-corrected chi connectivity index (χ4v) is 4.55. The van der Waals surface area contributed by atoms with Gasteiger partial charge in [0, 0.05) is 5.69 Å². The Balaban J connectivity index is 1.61. The van der Waals surface area contributed by atoms with Crippen LogP contribution in [0, 0.1) is 19.7 Å². The molecule has 2 atom stereocenters. The average molecular weight is 414 g/mol. The molecule has 1 saturated heterocycles. The molecule has 3 aromatic carbocycles. The Kier molecular flexibility index (Phi) is 4.25. The number of carbonyl (C=O) groups is 3. The van der Waals surface area contributed by atoms with Gasteiger partial charge in [-0.15, -0.1) is 0 Å². The number of amides is 3. The number of β-lactam (4-membered cyclic amide) rings is 1. The predicted octanol–water partition coefficient (Wildman–Crippen LogP) is 4.20. The van der Waals surface area contributed by atoms with Crippen LogP contribution in [-0.2, 0) is 4.79 Å². The summed E-state index contributed by atoms with van der Waals surface area (Å²) in [6.45, 7) is 3.88. The van der Waals surface area contributed by atoms with Gasteiger partial charge in [0.15, 0.2) is 0 Å². The average Bonchev–Trinajstić information content (AvgIpc) is 2.98. The second-order valence-electron chi connectivity index (χ2n) is 8.02. The van der Waals surface area contributed by atoms with Crippen molar-refractivity contribution in [2.75, 3.05) is 4.90 Å². The topological polar surface area (TPSA) is 57.7 Å². The molecule has 6 heteroatoms. The molecule has 1 fully saturated rings. The number of imide groups is 1. The van der Waals surface area contributed by atoms with Crippen LogP contribution in [0.15, 0.2) is 66.7 Å². The zero-order chi connectivity index (χ0) is 21.9. The van der Waals surface area contributed by atoms with E-state index in [4.69, 9.17) is 0 Å². The monoisotopic (exact) mass is 414 g/mol. The highest BCUT2D eigenvalue weighted by Gasteiger charge is 2.57. The molecule has 3 aromatic rings. The van der Waals surface area contributed by atoms with Gasteiger partial charge in [0.05, 0.1) is 17.2 Å². The van der Waals surface area contributed by atoms with Crippen LogP contribution in [0.4, 0.5) is 10.1 Å². The van der Waals surface area contributed by atoms with Crippen LogP contribution in [0.5, 0.6) is 0 Å². The smallest absolute Gasteiger partial charge is 0.262 e. The van der Waals surface area contributed by atoms with Gasteiger partial charge in [0.25, 0.3) is 17.7 Å². The fourth-order valence-electron chi connectivity index (χ4n) is 4.55. The summed E-state index contributed by atoms with van der Waals surface area (Å²) in [5.74, 6) is -1.70. The maximum atomic E-state index is 13.6. The van der Waals surface area contributed by atoms with E-state index in [1.165, 1.54) is 12.1 Å². The summed E-state index contributed by atoms with van der Waals surface area (Å²) in [5.41, 5.74) is 3.91. The SMILES string of the molecule is Cc1cc(C)cc(N2C(=O)[C@@H](N3C(=O)c4ccccc4C3=O)[C@H]2c2ccc(F)cc2)c1. The molecule has 0 bridgehead atoms. The van der Waals surface area contributed by atoms with E-state index in [9.17, 15) is 18.8 Å². The molecule has 5 nitrogen and oxygen atoms in total. The van der Waals surface area contributed by atoms with Crippen LogP contribution in [0.25, 0.3) is 0 Å². The third-order valence-electron chi connectivity index (χ3n) is 5.87. The molecular formula is C25H19FN2O3. The minimum absolute atomic E-state index is 0.294. The number of aryl methyl sites for hydroxylation is 2. The van der Waals surface area contributed by atoms with Crippen molar-refractivity contribution in [1.82, 2.24) is 4.90 Å². The van der Waals surface area contributed by atoms with Crippen molar-refractivity contribution in [3.8, 4) is 0 Å². The summed E-state index contributed by atoms with van der Waals surface area (Å²) < 4.78 is 13.6. The molecule has 2 aliphatic rings. The molecule has 0 aliphatic carbocycles. The van der Waals surface area contributed by atoms with Crippen molar-refractivity contribution in [1.29, 1.82) is 0 Å². The summed E-state index contributed by atoms with van der Waals surface area (Å²) in [5, 5.41) is 0. The zero-order valence-electron chi connectivity index (χ0n) is 17.0. The van der Waals surface area contributed by atoms with Crippen LogP contribution in [-0.4, -0.2) is 28.7 Å². The summed E-state index contributed by atoms with van der Waals surface area (Å²) in [6.07, 6.45) is 0. The van der Waals surface area contributed by atoms with Gasteiger partial charge in [-0.3, -0.25) is 19.3 Å². The normalized spacial score (nSPS) is 20.2. The lowest BCUT2D eigenvalue weighted by molar-refractivity contribution is -0.130. The number of anilines is 1. The van der Waals surface area contributed by atoms with E-state index in [-0.39, 0.29) is 5.91 Å². The first kappa shape index (κ1) is 19.2. The largest absolute Gasteiger partial charge is 0.300 e. The van der Waals surface area contributed by atoms with Crippen LogP contribution in [0.2, 0.25) is 0 Å². The van der Waals surface area contributed by atoms with E-state index in [0.717, 1.165) is 16.0 Å². The van der Waals surface area contributed by atoms with Crippen LogP contribution in [0.3, 0.4) is 0 Å². The van der Waals surface area contributed by atoms with E-state index < -0.39 is 29.7 Å². The number of benzene rings is 3. The van der Waals surface area contributed by atoms with Crippen molar-refractivity contribution in [3.63, 3.8) is 0 Å². The first-order chi connectivity index (χ1) is 14.9. The van der Waals surface area contributed by atoms with Gasteiger partial charge in [-0.05, 0) is 66.9 Å². The van der Waals surface area contributed by atoms with E-state index >= 15 is 0 Å². The van der Waals surface area contributed by atoms with Crippen LogP contribution >= 0.6 is 0 Å². The molecular weight excluding hydrogens is 395 g/mol. The van der Waals surface area contributed by atoms with E-state index in [1.807, 2.05) is 32.0 Å². The number of fused-ring (bicyclic) bond motifs is 1. The molecule has 0 radical (unpaired) electrons. The van der Waals surface area contributed by atoms with Gasteiger partial charge >= 0.3 is 0 Å². The number of rotatable bonds is 3. The summed E-state index contributed by atoms with van der Waals surface area (Å²) in [4.78, 5) is 42.1. The highest BCUT2D eigenvalue weighted by Crippen LogP contribution is 2.44. The number of carbonyl (C=O) groups excluding carboxylic acids is 3. The molecule has 31 heavy (non-hydrogen) atoms. The first-order valence-corrected chi connectivity index (χ1v) is 10.0. The van der Waals surface area contributed by atoms with Crippen molar-refractivity contribution in [3.05, 3.63) is 100 Å². The van der Waals surface area contributed by atoms with Gasteiger partial charge in [0.1, 0.15) is 11.9 Å². The maximum Gasteiger partial charge on any atom is 0.262 e. The molecule has 0 aromatic heterocycles.